The van der Waals surface area contributed by atoms with Crippen LogP contribution < -0.4 is 5.59 Å². The van der Waals surface area contributed by atoms with E-state index in [1.165, 1.54) is 0 Å². The van der Waals surface area contributed by atoms with E-state index in [0.29, 0.717) is 0 Å². The topological polar surface area (TPSA) is 59.7 Å². The fourth-order valence-corrected chi connectivity index (χ4v) is 0.362. The summed E-state index contributed by atoms with van der Waals surface area (Å²) in [5.41, 5.74) is 1.94. The van der Waals surface area contributed by atoms with E-state index in [0.717, 1.165) is 0 Å². The number of rotatable bonds is 4. The van der Waals surface area contributed by atoms with Gasteiger partial charge in [0.25, 0.3) is 0 Å². The highest BCUT2D eigenvalue weighted by molar-refractivity contribution is 6.17. The molecule has 0 saturated heterocycles. The van der Waals surface area contributed by atoms with Crippen LogP contribution in [0.1, 0.15) is 13.8 Å². The number of nitrogens with one attached hydrogen (secondary N) is 1. The van der Waals surface area contributed by atoms with Crippen LogP contribution in [0.2, 0.25) is 0 Å². The van der Waals surface area contributed by atoms with Crippen molar-refractivity contribution in [2.45, 2.75) is 19.9 Å². The van der Waals surface area contributed by atoms with Crippen molar-refractivity contribution < 1.29 is 9.81 Å². The summed E-state index contributed by atoms with van der Waals surface area (Å²) in [4.78, 5) is 4.56. The highest BCUT2D eigenvalue weighted by atomic mass is 35.5. The van der Waals surface area contributed by atoms with Crippen molar-refractivity contribution in [1.82, 2.24) is 5.59 Å². The fourth-order valence-electron chi connectivity index (χ4n) is 0.313. The quantitative estimate of drug-likeness (QED) is 0.294. The predicted octanol–water partition coefficient (Wildman–Crippen LogP) is 0.990. The van der Waals surface area contributed by atoms with Crippen LogP contribution in [-0.4, -0.2) is 17.1 Å². The lowest BCUT2D eigenvalue weighted by Crippen LogP contribution is -2.23. The summed E-state index contributed by atoms with van der Waals surface area (Å²) in [6.07, 6.45) is 0. The minimum atomic E-state index is -0.0909. The van der Waals surface area contributed by atoms with E-state index < -0.39 is 0 Å². The summed E-state index contributed by atoms with van der Waals surface area (Å²) in [5, 5.41) is 14.0. The Morgan fingerprint density at radius 3 is 2.80 bits per heavy atom. The Hall–Kier alpha value is -0.550. The Balaban J connectivity index is 3.49. The standard InChI is InChI=1S/C4H10ClN3O2/c1-4(2)6-8(9)7-10-3-5/h4H,3H2,1-2H3,(H,6,7). The van der Waals surface area contributed by atoms with E-state index in [4.69, 9.17) is 11.6 Å². The third-order valence-electron chi connectivity index (χ3n) is 0.533. The Morgan fingerprint density at radius 2 is 2.40 bits per heavy atom. The second kappa shape index (κ2) is 5.25. The van der Waals surface area contributed by atoms with Gasteiger partial charge in [-0.25, -0.2) is 4.84 Å². The molecule has 0 aliphatic rings. The molecule has 0 unspecified atom stereocenters. The third kappa shape index (κ3) is 5.58. The van der Waals surface area contributed by atoms with Crippen LogP contribution in [0.4, 0.5) is 0 Å². The van der Waals surface area contributed by atoms with Crippen LogP contribution in [0.15, 0.2) is 5.11 Å². The molecule has 0 atom stereocenters. The number of hydrogen-bond donors (Lipinski definition) is 1. The Bertz CT molecular complexity index is 117. The summed E-state index contributed by atoms with van der Waals surface area (Å²) < 4.78 is 0. The van der Waals surface area contributed by atoms with Gasteiger partial charge in [-0.1, -0.05) is 11.6 Å². The molecule has 0 spiro atoms. The largest absolute Gasteiger partial charge is 0.570 e. The van der Waals surface area contributed by atoms with E-state index >= 15 is 0 Å². The molecule has 0 heterocycles. The molecular formula is C4H10ClN3O2. The van der Waals surface area contributed by atoms with Crippen LogP contribution in [-0.2, 0) is 4.84 Å². The van der Waals surface area contributed by atoms with Crippen LogP contribution >= 0.6 is 11.6 Å². The maximum absolute atomic E-state index is 10.5. The molecule has 6 heteroatoms. The van der Waals surface area contributed by atoms with Crippen LogP contribution in [0.25, 0.3) is 0 Å². The zero-order valence-electron chi connectivity index (χ0n) is 5.87. The normalized spacial score (nSPS) is 12.2. The van der Waals surface area contributed by atoms with Gasteiger partial charge in [0, 0.05) is 5.11 Å². The van der Waals surface area contributed by atoms with Crippen molar-refractivity contribution in [2.24, 2.45) is 5.11 Å². The van der Waals surface area contributed by atoms with Crippen molar-refractivity contribution in [1.29, 1.82) is 0 Å². The van der Waals surface area contributed by atoms with Gasteiger partial charge < -0.3 is 5.21 Å². The zero-order valence-corrected chi connectivity index (χ0v) is 6.63. The van der Waals surface area contributed by atoms with Gasteiger partial charge in [-0.2, -0.15) is 0 Å². The average molecular weight is 168 g/mol. The van der Waals surface area contributed by atoms with E-state index in [-0.39, 0.29) is 17.1 Å². The van der Waals surface area contributed by atoms with Gasteiger partial charge in [0.2, 0.25) is 0 Å². The predicted molar refractivity (Wildman–Crippen MR) is 36.1 cm³/mol. The lowest BCUT2D eigenvalue weighted by Gasteiger charge is -2.00. The highest BCUT2D eigenvalue weighted by Crippen LogP contribution is 1.84. The average Bonchev–Trinajstić information content (AvgIpc) is 1.82. The van der Waals surface area contributed by atoms with Crippen molar-refractivity contribution in [2.75, 3.05) is 6.07 Å². The molecule has 0 saturated carbocycles. The van der Waals surface area contributed by atoms with Gasteiger partial charge in [-0.05, 0) is 19.4 Å². The summed E-state index contributed by atoms with van der Waals surface area (Å²) in [6, 6.07) is -0.157. The van der Waals surface area contributed by atoms with Gasteiger partial charge in [-0.15, -0.1) is 0 Å². The van der Waals surface area contributed by atoms with Crippen LogP contribution in [0.5, 0.6) is 0 Å². The van der Waals surface area contributed by atoms with Gasteiger partial charge >= 0.3 is 0 Å². The molecule has 0 aliphatic carbocycles. The molecular weight excluding hydrogens is 158 g/mol. The first-order valence-electron chi connectivity index (χ1n) is 2.78. The van der Waals surface area contributed by atoms with Gasteiger partial charge in [0.1, 0.15) is 6.04 Å². The van der Waals surface area contributed by atoms with Crippen molar-refractivity contribution in [3.05, 3.63) is 5.21 Å². The van der Waals surface area contributed by atoms with Gasteiger partial charge in [0.15, 0.2) is 6.07 Å². The number of hydrogen-bond acceptors (Lipinski definition) is 3. The zero-order chi connectivity index (χ0) is 7.98. The van der Waals surface area contributed by atoms with Crippen LogP contribution in [0.3, 0.4) is 0 Å². The van der Waals surface area contributed by atoms with Gasteiger partial charge in [-0.3, -0.25) is 0 Å². The highest BCUT2D eigenvalue weighted by Gasteiger charge is 1.95. The van der Waals surface area contributed by atoms with Gasteiger partial charge in [0.05, 0.1) is 4.97 Å². The Kier molecular flexibility index (Phi) is 4.96. The molecule has 0 rings (SSSR count). The number of nitrogens with zero attached hydrogens (tertiary/aromatic N) is 2. The maximum Gasteiger partial charge on any atom is 0.154 e. The maximum atomic E-state index is 10.5. The first-order valence-corrected chi connectivity index (χ1v) is 3.31. The molecule has 10 heavy (non-hydrogen) atoms. The summed E-state index contributed by atoms with van der Waals surface area (Å²) in [7, 11) is 0. The second-order valence-electron chi connectivity index (χ2n) is 1.83. The van der Waals surface area contributed by atoms with Crippen LogP contribution in [0, 0.1) is 5.21 Å². The number of halogens is 1. The Labute approximate surface area is 64.1 Å². The number of alkyl halides is 1. The molecule has 0 aromatic rings. The summed E-state index contributed by atoms with van der Waals surface area (Å²) in [5.74, 6) is 0. The molecule has 60 valence electrons. The van der Waals surface area contributed by atoms with Crippen molar-refractivity contribution in [3.8, 4) is 0 Å². The van der Waals surface area contributed by atoms with E-state index in [1.807, 2.05) is 5.59 Å². The second-order valence-corrected chi connectivity index (χ2v) is 2.05. The molecule has 0 aliphatic heterocycles. The fraction of sp³-hybridized carbons (Fsp3) is 1.00. The summed E-state index contributed by atoms with van der Waals surface area (Å²) in [6.45, 7) is 3.54. The monoisotopic (exact) mass is 167 g/mol. The summed E-state index contributed by atoms with van der Waals surface area (Å²) >= 11 is 5.09. The van der Waals surface area contributed by atoms with Crippen molar-refractivity contribution in [3.63, 3.8) is 0 Å². The lowest BCUT2D eigenvalue weighted by molar-refractivity contribution is -0.645. The molecule has 0 bridgehead atoms. The smallest absolute Gasteiger partial charge is 0.154 e. The first kappa shape index (κ1) is 9.45. The molecule has 0 amide bonds. The molecule has 1 N–H and O–H groups in total. The first-order chi connectivity index (χ1) is 4.66. The van der Waals surface area contributed by atoms with E-state index in [1.54, 1.807) is 13.8 Å². The van der Waals surface area contributed by atoms with E-state index in [9.17, 15) is 5.21 Å². The SMILES string of the molecule is CC(C)N=[N+]([O-])NOCCl. The van der Waals surface area contributed by atoms with Crippen molar-refractivity contribution >= 4 is 11.6 Å². The molecule has 0 fully saturated rings. The minimum Gasteiger partial charge on any atom is -0.570 e. The minimum absolute atomic E-state index is 0.0658. The number of hydrazine groups is 1. The van der Waals surface area contributed by atoms with E-state index in [2.05, 4.69) is 9.95 Å². The molecule has 0 aromatic heterocycles. The Morgan fingerprint density at radius 1 is 1.80 bits per heavy atom. The lowest BCUT2D eigenvalue weighted by atomic mass is 10.4. The third-order valence-corrected chi connectivity index (χ3v) is 0.642. The molecule has 0 aromatic carbocycles. The molecule has 0 radical (unpaired) electrons. The molecule has 5 nitrogen and oxygen atoms in total.